The van der Waals surface area contributed by atoms with Crippen molar-refractivity contribution in [3.8, 4) is 0 Å². The second-order valence-corrected chi connectivity index (χ2v) is 5.48. The van der Waals surface area contributed by atoms with Gasteiger partial charge in [0.2, 0.25) is 0 Å². The quantitative estimate of drug-likeness (QED) is 0.776. The summed E-state index contributed by atoms with van der Waals surface area (Å²) in [5.74, 6) is -0.198. The highest BCUT2D eigenvalue weighted by atomic mass is 19.1. The molecule has 1 aromatic heterocycles. The number of benzene rings is 2. The number of nitrogens with zero attached hydrogens (tertiary/aromatic N) is 1. The van der Waals surface area contributed by atoms with E-state index in [0.717, 1.165) is 17.7 Å². The number of fused-ring (bicyclic) bond motifs is 1. The van der Waals surface area contributed by atoms with Crippen LogP contribution in [0.2, 0.25) is 0 Å². The van der Waals surface area contributed by atoms with Crippen LogP contribution in [0.5, 0.6) is 0 Å². The molecule has 0 saturated heterocycles. The van der Waals surface area contributed by atoms with E-state index in [0.29, 0.717) is 6.54 Å². The predicted octanol–water partition coefficient (Wildman–Crippen LogP) is 3.90. The second kappa shape index (κ2) is 5.34. The summed E-state index contributed by atoms with van der Waals surface area (Å²) < 4.78 is 15.3. The van der Waals surface area contributed by atoms with E-state index in [-0.39, 0.29) is 5.82 Å². The minimum Gasteiger partial charge on any atom is -0.340 e. The molecule has 2 nitrogen and oxygen atoms in total. The summed E-state index contributed by atoms with van der Waals surface area (Å²) in [5, 5.41) is 1.25. The highest BCUT2D eigenvalue weighted by molar-refractivity contribution is 5.86. The zero-order chi connectivity index (χ0) is 15.0. The molecule has 2 N–H and O–H groups in total. The van der Waals surface area contributed by atoms with Gasteiger partial charge in [0, 0.05) is 29.7 Å². The summed E-state index contributed by atoms with van der Waals surface area (Å²) in [5.41, 5.74) is 11.7. The smallest absolute Gasteiger partial charge is 0.123 e. The van der Waals surface area contributed by atoms with Gasteiger partial charge in [0.15, 0.2) is 0 Å². The first kappa shape index (κ1) is 13.8. The average molecular weight is 282 g/mol. The van der Waals surface area contributed by atoms with Gasteiger partial charge in [-0.25, -0.2) is 4.39 Å². The molecule has 0 aliphatic carbocycles. The van der Waals surface area contributed by atoms with Gasteiger partial charge in [0.05, 0.1) is 0 Å². The van der Waals surface area contributed by atoms with Crippen molar-refractivity contribution in [2.24, 2.45) is 5.73 Å². The maximum absolute atomic E-state index is 13.0. The Kier molecular flexibility index (Phi) is 3.52. The van der Waals surface area contributed by atoms with Crippen molar-refractivity contribution >= 4 is 10.9 Å². The number of nitrogens with two attached hydrogens (primary N) is 1. The zero-order valence-electron chi connectivity index (χ0n) is 12.4. The Bertz CT molecular complexity index is 785. The molecule has 21 heavy (non-hydrogen) atoms. The van der Waals surface area contributed by atoms with Gasteiger partial charge in [-0.3, -0.25) is 0 Å². The van der Waals surface area contributed by atoms with Crippen LogP contribution in [0.15, 0.2) is 42.5 Å². The summed E-state index contributed by atoms with van der Waals surface area (Å²) in [4.78, 5) is 0. The van der Waals surface area contributed by atoms with Crippen molar-refractivity contribution in [2.45, 2.75) is 26.9 Å². The molecule has 0 aliphatic rings. The van der Waals surface area contributed by atoms with E-state index in [1.54, 1.807) is 0 Å². The molecule has 3 aromatic rings. The van der Waals surface area contributed by atoms with Crippen LogP contribution in [0.25, 0.3) is 10.9 Å². The third-order valence-corrected chi connectivity index (χ3v) is 4.19. The Morgan fingerprint density at radius 1 is 1.00 bits per heavy atom. The van der Waals surface area contributed by atoms with Gasteiger partial charge in [0.25, 0.3) is 0 Å². The van der Waals surface area contributed by atoms with Crippen molar-refractivity contribution in [1.82, 2.24) is 4.57 Å². The molecule has 2 aromatic carbocycles. The van der Waals surface area contributed by atoms with Crippen LogP contribution in [0, 0.1) is 19.7 Å². The van der Waals surface area contributed by atoms with Gasteiger partial charge in [0.1, 0.15) is 5.82 Å². The molecule has 0 spiro atoms. The average Bonchev–Trinajstić information content (AvgIpc) is 2.74. The molecular weight excluding hydrogens is 263 g/mol. The maximum atomic E-state index is 13.0. The summed E-state index contributed by atoms with van der Waals surface area (Å²) in [6.07, 6.45) is 0. The molecule has 3 rings (SSSR count). The van der Waals surface area contributed by atoms with E-state index < -0.39 is 0 Å². The van der Waals surface area contributed by atoms with Crippen LogP contribution in [0.4, 0.5) is 4.39 Å². The molecular formula is C18H19FN2. The van der Waals surface area contributed by atoms with Crippen molar-refractivity contribution in [3.63, 3.8) is 0 Å². The van der Waals surface area contributed by atoms with Gasteiger partial charge in [-0.15, -0.1) is 0 Å². The molecule has 108 valence electrons. The molecule has 3 heteroatoms. The molecule has 0 bridgehead atoms. The van der Waals surface area contributed by atoms with E-state index in [2.05, 4.69) is 36.6 Å². The predicted molar refractivity (Wildman–Crippen MR) is 84.8 cm³/mol. The van der Waals surface area contributed by atoms with Crippen LogP contribution in [0.3, 0.4) is 0 Å². The Hall–Kier alpha value is -2.13. The number of aromatic nitrogens is 1. The summed E-state index contributed by atoms with van der Waals surface area (Å²) >= 11 is 0. The van der Waals surface area contributed by atoms with Crippen molar-refractivity contribution < 1.29 is 4.39 Å². The van der Waals surface area contributed by atoms with Gasteiger partial charge < -0.3 is 10.3 Å². The molecule has 0 amide bonds. The highest BCUT2D eigenvalue weighted by Gasteiger charge is 2.11. The maximum Gasteiger partial charge on any atom is 0.123 e. The Morgan fingerprint density at radius 2 is 1.67 bits per heavy atom. The normalized spacial score (nSPS) is 11.2. The van der Waals surface area contributed by atoms with Gasteiger partial charge >= 0.3 is 0 Å². The first-order valence-electron chi connectivity index (χ1n) is 7.13. The third-order valence-electron chi connectivity index (χ3n) is 4.19. The Balaban J connectivity index is 2.09. The number of rotatable bonds is 3. The molecule has 0 fully saturated rings. The van der Waals surface area contributed by atoms with E-state index >= 15 is 0 Å². The monoisotopic (exact) mass is 282 g/mol. The standard InChI is InChI=1S/C18H19FN2/c1-12-13(2)21(11-14-3-6-16(19)7-4-14)18-8-5-15(10-20)9-17(12)18/h3-9H,10-11,20H2,1-2H3. The molecule has 0 aliphatic heterocycles. The van der Waals surface area contributed by atoms with Crippen LogP contribution < -0.4 is 5.73 Å². The van der Waals surface area contributed by atoms with Crippen LogP contribution in [-0.4, -0.2) is 4.57 Å². The number of aryl methyl sites for hydroxylation is 1. The fraction of sp³-hybridized carbons (Fsp3) is 0.222. The molecule has 1 heterocycles. The lowest BCUT2D eigenvalue weighted by Gasteiger charge is -2.09. The van der Waals surface area contributed by atoms with Crippen molar-refractivity contribution in [2.75, 3.05) is 0 Å². The minimum atomic E-state index is -0.198. The molecule has 0 atom stereocenters. The lowest BCUT2D eigenvalue weighted by Crippen LogP contribution is -2.02. The Morgan fingerprint density at radius 3 is 2.33 bits per heavy atom. The van der Waals surface area contributed by atoms with E-state index in [9.17, 15) is 4.39 Å². The van der Waals surface area contributed by atoms with Crippen LogP contribution >= 0.6 is 0 Å². The van der Waals surface area contributed by atoms with Crippen molar-refractivity contribution in [1.29, 1.82) is 0 Å². The first-order valence-corrected chi connectivity index (χ1v) is 7.13. The molecule has 0 saturated carbocycles. The number of hydrogen-bond donors (Lipinski definition) is 1. The van der Waals surface area contributed by atoms with E-state index in [4.69, 9.17) is 5.73 Å². The van der Waals surface area contributed by atoms with Crippen LogP contribution in [-0.2, 0) is 13.1 Å². The zero-order valence-corrected chi connectivity index (χ0v) is 12.4. The SMILES string of the molecule is Cc1c(C)n(Cc2ccc(F)cc2)c2ccc(CN)cc12. The number of hydrogen-bond acceptors (Lipinski definition) is 1. The highest BCUT2D eigenvalue weighted by Crippen LogP contribution is 2.27. The van der Waals surface area contributed by atoms with Crippen LogP contribution in [0.1, 0.15) is 22.4 Å². The number of halogens is 1. The Labute approximate surface area is 124 Å². The molecule has 0 radical (unpaired) electrons. The van der Waals surface area contributed by atoms with E-state index in [1.807, 2.05) is 12.1 Å². The second-order valence-electron chi connectivity index (χ2n) is 5.48. The fourth-order valence-corrected chi connectivity index (χ4v) is 2.80. The molecule has 0 unspecified atom stereocenters. The largest absolute Gasteiger partial charge is 0.340 e. The summed E-state index contributed by atoms with van der Waals surface area (Å²) in [6.45, 7) is 5.57. The van der Waals surface area contributed by atoms with Gasteiger partial charge in [-0.1, -0.05) is 18.2 Å². The fourth-order valence-electron chi connectivity index (χ4n) is 2.80. The van der Waals surface area contributed by atoms with Crippen molar-refractivity contribution in [3.05, 3.63) is 70.7 Å². The minimum absolute atomic E-state index is 0.198. The van der Waals surface area contributed by atoms with E-state index in [1.165, 1.54) is 34.3 Å². The summed E-state index contributed by atoms with van der Waals surface area (Å²) in [7, 11) is 0. The van der Waals surface area contributed by atoms with Gasteiger partial charge in [-0.05, 0) is 54.8 Å². The first-order chi connectivity index (χ1) is 10.1. The topological polar surface area (TPSA) is 30.9 Å². The lowest BCUT2D eigenvalue weighted by atomic mass is 10.1. The van der Waals surface area contributed by atoms with Gasteiger partial charge in [-0.2, -0.15) is 0 Å². The summed E-state index contributed by atoms with van der Waals surface area (Å²) in [6, 6.07) is 13.1. The third kappa shape index (κ3) is 2.45. The lowest BCUT2D eigenvalue weighted by molar-refractivity contribution is 0.626.